The number of hydrogen-bond acceptors (Lipinski definition) is 3. The van der Waals surface area contributed by atoms with Crippen LogP contribution < -0.4 is 10.6 Å². The van der Waals surface area contributed by atoms with Gasteiger partial charge < -0.3 is 10.6 Å². The molecule has 0 radical (unpaired) electrons. The molecule has 0 bridgehead atoms. The van der Waals surface area contributed by atoms with E-state index in [-0.39, 0.29) is 5.91 Å². The Kier molecular flexibility index (Phi) is 4.58. The average Bonchev–Trinajstić information content (AvgIpc) is 2.32. The molecular formula is C13H18BrN3O. The van der Waals surface area contributed by atoms with E-state index in [0.717, 1.165) is 30.3 Å². The Morgan fingerprint density at radius 2 is 2.33 bits per heavy atom. The second-order valence-electron chi connectivity index (χ2n) is 4.58. The summed E-state index contributed by atoms with van der Waals surface area (Å²) in [5.74, 6) is 0.629. The van der Waals surface area contributed by atoms with Gasteiger partial charge in [0.2, 0.25) is 0 Å². The highest BCUT2D eigenvalue weighted by Crippen LogP contribution is 2.21. The van der Waals surface area contributed by atoms with Gasteiger partial charge in [0.1, 0.15) is 5.82 Å². The van der Waals surface area contributed by atoms with E-state index in [0.29, 0.717) is 17.4 Å². The molecule has 2 N–H and O–H groups in total. The summed E-state index contributed by atoms with van der Waals surface area (Å²) < 4.78 is 0.823. The zero-order valence-corrected chi connectivity index (χ0v) is 12.1. The van der Waals surface area contributed by atoms with Gasteiger partial charge >= 0.3 is 0 Å². The van der Waals surface area contributed by atoms with Gasteiger partial charge in [-0.2, -0.15) is 0 Å². The van der Waals surface area contributed by atoms with Crippen LogP contribution in [-0.4, -0.2) is 23.5 Å². The largest absolute Gasteiger partial charge is 0.369 e. The van der Waals surface area contributed by atoms with Gasteiger partial charge in [0.05, 0.1) is 5.56 Å². The van der Waals surface area contributed by atoms with Crippen molar-refractivity contribution >= 4 is 27.7 Å². The fourth-order valence-corrected chi connectivity index (χ4v) is 2.14. The summed E-state index contributed by atoms with van der Waals surface area (Å²) in [6.07, 6.45) is 6.10. The number of nitrogens with one attached hydrogen (secondary N) is 2. The van der Waals surface area contributed by atoms with Gasteiger partial charge in [0.25, 0.3) is 5.91 Å². The molecule has 0 spiro atoms. The van der Waals surface area contributed by atoms with Crippen LogP contribution in [0.4, 0.5) is 5.82 Å². The molecule has 0 aromatic carbocycles. The van der Waals surface area contributed by atoms with E-state index < -0.39 is 0 Å². The highest BCUT2D eigenvalue weighted by atomic mass is 79.9. The van der Waals surface area contributed by atoms with Gasteiger partial charge in [0, 0.05) is 23.3 Å². The quantitative estimate of drug-likeness (QED) is 0.879. The Balaban J connectivity index is 2.11. The first-order valence-corrected chi connectivity index (χ1v) is 7.20. The van der Waals surface area contributed by atoms with Crippen molar-refractivity contribution in [2.45, 2.75) is 38.6 Å². The molecule has 0 aliphatic heterocycles. The van der Waals surface area contributed by atoms with E-state index in [1.807, 2.05) is 6.07 Å². The second kappa shape index (κ2) is 6.18. The molecule has 1 aromatic heterocycles. The molecule has 1 aromatic rings. The van der Waals surface area contributed by atoms with Crippen molar-refractivity contribution in [3.05, 3.63) is 22.3 Å². The van der Waals surface area contributed by atoms with Crippen molar-refractivity contribution in [1.29, 1.82) is 0 Å². The van der Waals surface area contributed by atoms with Gasteiger partial charge in [0.15, 0.2) is 0 Å². The molecule has 0 atom stereocenters. The Hall–Kier alpha value is -1.10. The van der Waals surface area contributed by atoms with E-state index in [1.54, 1.807) is 6.20 Å². The summed E-state index contributed by atoms with van der Waals surface area (Å²) >= 11 is 3.36. The number of halogens is 1. The molecule has 1 saturated carbocycles. The van der Waals surface area contributed by atoms with Gasteiger partial charge in [-0.15, -0.1) is 0 Å². The van der Waals surface area contributed by atoms with Crippen molar-refractivity contribution in [1.82, 2.24) is 10.3 Å². The minimum atomic E-state index is -0.0351. The maximum atomic E-state index is 12.2. The van der Waals surface area contributed by atoms with Gasteiger partial charge in [-0.05, 0) is 47.7 Å². The summed E-state index contributed by atoms with van der Waals surface area (Å²) in [6.45, 7) is 2.90. The Morgan fingerprint density at radius 1 is 1.56 bits per heavy atom. The first-order valence-electron chi connectivity index (χ1n) is 6.41. The zero-order chi connectivity index (χ0) is 13.0. The lowest BCUT2D eigenvalue weighted by molar-refractivity contribution is 0.0917. The van der Waals surface area contributed by atoms with E-state index in [2.05, 4.69) is 38.5 Å². The fraction of sp³-hybridized carbons (Fsp3) is 0.538. The Bertz CT molecular complexity index is 432. The number of hydrogen-bond donors (Lipinski definition) is 2. The lowest BCUT2D eigenvalue weighted by Gasteiger charge is -2.26. The molecule has 98 valence electrons. The van der Waals surface area contributed by atoms with Crippen LogP contribution in [0.3, 0.4) is 0 Å². The molecule has 1 heterocycles. The summed E-state index contributed by atoms with van der Waals surface area (Å²) in [7, 11) is 0. The molecule has 1 amide bonds. The van der Waals surface area contributed by atoms with Crippen LogP contribution in [0.25, 0.3) is 0 Å². The molecule has 1 fully saturated rings. The molecule has 0 saturated heterocycles. The van der Waals surface area contributed by atoms with Crippen LogP contribution in [0.15, 0.2) is 16.7 Å². The third-order valence-electron chi connectivity index (χ3n) is 3.08. The minimum absolute atomic E-state index is 0.0351. The molecule has 18 heavy (non-hydrogen) atoms. The van der Waals surface area contributed by atoms with E-state index >= 15 is 0 Å². The van der Waals surface area contributed by atoms with Crippen molar-refractivity contribution in [2.24, 2.45) is 0 Å². The van der Waals surface area contributed by atoms with Crippen LogP contribution in [0.5, 0.6) is 0 Å². The van der Waals surface area contributed by atoms with Crippen molar-refractivity contribution in [3.63, 3.8) is 0 Å². The van der Waals surface area contributed by atoms with Crippen LogP contribution in [0.1, 0.15) is 43.0 Å². The lowest BCUT2D eigenvalue weighted by Crippen LogP contribution is -2.39. The van der Waals surface area contributed by atoms with Gasteiger partial charge in [-0.1, -0.05) is 6.92 Å². The zero-order valence-electron chi connectivity index (χ0n) is 10.5. The van der Waals surface area contributed by atoms with Crippen molar-refractivity contribution < 1.29 is 4.79 Å². The number of nitrogens with zero attached hydrogens (tertiary/aromatic N) is 1. The minimum Gasteiger partial charge on any atom is -0.369 e. The SMILES string of the molecule is CCCNc1ncc(Br)cc1C(=O)NC1CCC1. The standard InChI is InChI=1S/C13H18BrN3O/c1-2-6-15-12-11(7-9(14)8-16-12)13(18)17-10-4-3-5-10/h7-8,10H,2-6H2,1H3,(H,15,16)(H,17,18). The fourth-order valence-electron chi connectivity index (χ4n) is 1.81. The number of carbonyl (C=O) groups excluding carboxylic acids is 1. The van der Waals surface area contributed by atoms with Crippen molar-refractivity contribution in [2.75, 3.05) is 11.9 Å². The predicted octanol–water partition coefficient (Wildman–Crippen LogP) is 2.95. The summed E-state index contributed by atoms with van der Waals surface area (Å²) in [4.78, 5) is 16.4. The monoisotopic (exact) mass is 311 g/mol. The van der Waals surface area contributed by atoms with Crippen LogP contribution in [-0.2, 0) is 0 Å². The Labute approximate surface area is 116 Å². The third kappa shape index (κ3) is 3.22. The lowest BCUT2D eigenvalue weighted by atomic mass is 9.93. The maximum absolute atomic E-state index is 12.2. The maximum Gasteiger partial charge on any atom is 0.255 e. The van der Waals surface area contributed by atoms with Crippen molar-refractivity contribution in [3.8, 4) is 0 Å². The molecule has 1 aliphatic carbocycles. The third-order valence-corrected chi connectivity index (χ3v) is 3.52. The number of aromatic nitrogens is 1. The van der Waals surface area contributed by atoms with Gasteiger partial charge in [-0.3, -0.25) is 4.79 Å². The molecule has 2 rings (SSSR count). The summed E-state index contributed by atoms with van der Waals surface area (Å²) in [6, 6.07) is 2.16. The summed E-state index contributed by atoms with van der Waals surface area (Å²) in [5, 5.41) is 6.22. The number of pyridine rings is 1. The van der Waals surface area contributed by atoms with Crippen LogP contribution in [0, 0.1) is 0 Å². The van der Waals surface area contributed by atoms with E-state index in [1.165, 1.54) is 6.42 Å². The topological polar surface area (TPSA) is 54.0 Å². The highest BCUT2D eigenvalue weighted by Gasteiger charge is 2.22. The molecule has 0 unspecified atom stereocenters. The van der Waals surface area contributed by atoms with E-state index in [9.17, 15) is 4.79 Å². The normalized spacial score (nSPS) is 15.0. The highest BCUT2D eigenvalue weighted by molar-refractivity contribution is 9.10. The molecule has 5 heteroatoms. The van der Waals surface area contributed by atoms with Crippen LogP contribution >= 0.6 is 15.9 Å². The second-order valence-corrected chi connectivity index (χ2v) is 5.49. The average molecular weight is 312 g/mol. The molecule has 4 nitrogen and oxygen atoms in total. The molecular weight excluding hydrogens is 294 g/mol. The first kappa shape index (κ1) is 13.3. The Morgan fingerprint density at radius 3 is 2.94 bits per heavy atom. The van der Waals surface area contributed by atoms with E-state index in [4.69, 9.17) is 0 Å². The first-order chi connectivity index (χ1) is 8.70. The predicted molar refractivity (Wildman–Crippen MR) is 75.8 cm³/mol. The number of anilines is 1. The summed E-state index contributed by atoms with van der Waals surface area (Å²) in [5.41, 5.74) is 0.615. The van der Waals surface area contributed by atoms with Gasteiger partial charge in [-0.25, -0.2) is 4.98 Å². The number of amides is 1. The number of rotatable bonds is 5. The number of carbonyl (C=O) groups is 1. The molecule has 1 aliphatic rings. The van der Waals surface area contributed by atoms with Crippen LogP contribution in [0.2, 0.25) is 0 Å². The smallest absolute Gasteiger partial charge is 0.255 e.